The van der Waals surface area contributed by atoms with Crippen molar-refractivity contribution in [2.24, 2.45) is 5.10 Å². The third kappa shape index (κ3) is 7.41. The van der Waals surface area contributed by atoms with Crippen LogP contribution in [-0.4, -0.2) is 50.1 Å². The predicted octanol–water partition coefficient (Wildman–Crippen LogP) is 2.65. The molecule has 0 atom stereocenters. The highest BCUT2D eigenvalue weighted by Crippen LogP contribution is 2.28. The summed E-state index contributed by atoms with van der Waals surface area (Å²) in [6, 6.07) is 5.21. The number of carbonyl (C=O) groups is 2. The summed E-state index contributed by atoms with van der Waals surface area (Å²) in [5.41, 5.74) is 4.21. The highest BCUT2D eigenvalue weighted by Gasteiger charge is 2.10. The fourth-order valence-corrected chi connectivity index (χ4v) is 2.81. The molecule has 0 amide bonds. The van der Waals surface area contributed by atoms with Gasteiger partial charge in [0.25, 0.3) is 0 Å². The minimum Gasteiger partial charge on any atom is -0.490 e. The number of nitrogens with one attached hydrogen (secondary N) is 1. The summed E-state index contributed by atoms with van der Waals surface area (Å²) in [6.07, 6.45) is 1.72. The molecule has 0 saturated carbocycles. The molecule has 0 unspecified atom stereocenters. The number of carbonyl (C=O) groups excluding carboxylic acids is 2. The molecule has 156 valence electrons. The van der Waals surface area contributed by atoms with Gasteiger partial charge in [0.05, 0.1) is 38.7 Å². The van der Waals surface area contributed by atoms with Gasteiger partial charge in [0.2, 0.25) is 5.13 Å². The first-order valence-electron chi connectivity index (χ1n) is 8.91. The Morgan fingerprint density at radius 3 is 2.72 bits per heavy atom. The smallest absolute Gasteiger partial charge is 0.343 e. The minimum absolute atomic E-state index is 0.125. The van der Waals surface area contributed by atoms with Crippen molar-refractivity contribution in [3.8, 4) is 11.5 Å². The Bertz CT molecular complexity index is 852. The van der Waals surface area contributed by atoms with Crippen molar-refractivity contribution in [2.75, 3.05) is 32.4 Å². The Morgan fingerprint density at radius 2 is 2.00 bits per heavy atom. The Hall–Kier alpha value is -3.14. The molecule has 0 bridgehead atoms. The molecule has 1 aromatic heterocycles. The molecule has 0 aliphatic rings. The Labute approximate surface area is 172 Å². The molecule has 2 rings (SSSR count). The van der Waals surface area contributed by atoms with Gasteiger partial charge in [-0.25, -0.2) is 9.78 Å². The van der Waals surface area contributed by atoms with Crippen LogP contribution in [0.3, 0.4) is 0 Å². The van der Waals surface area contributed by atoms with Crippen LogP contribution in [0, 0.1) is 0 Å². The van der Waals surface area contributed by atoms with Gasteiger partial charge in [0, 0.05) is 5.38 Å². The fraction of sp³-hybridized carbons (Fsp3) is 0.368. The molecule has 29 heavy (non-hydrogen) atoms. The Balaban J connectivity index is 1.97. The summed E-state index contributed by atoms with van der Waals surface area (Å²) in [5, 5.41) is 6.48. The van der Waals surface area contributed by atoms with Crippen molar-refractivity contribution in [1.29, 1.82) is 0 Å². The number of rotatable bonds is 11. The fourth-order valence-electron chi connectivity index (χ4n) is 2.15. The minimum atomic E-state index is -0.479. The quantitative estimate of drug-likeness (QED) is 0.335. The van der Waals surface area contributed by atoms with Crippen molar-refractivity contribution in [2.45, 2.75) is 20.3 Å². The van der Waals surface area contributed by atoms with Crippen LogP contribution in [0.1, 0.15) is 25.1 Å². The maximum absolute atomic E-state index is 11.5. The summed E-state index contributed by atoms with van der Waals surface area (Å²) in [4.78, 5) is 27.0. The van der Waals surface area contributed by atoms with E-state index in [1.807, 2.05) is 6.92 Å². The number of methoxy groups -OCH3 is 1. The second kappa shape index (κ2) is 11.6. The van der Waals surface area contributed by atoms with Gasteiger partial charge in [-0.3, -0.25) is 10.2 Å². The van der Waals surface area contributed by atoms with E-state index in [0.717, 1.165) is 5.56 Å². The van der Waals surface area contributed by atoms with Crippen molar-refractivity contribution < 1.29 is 28.5 Å². The molecule has 10 heteroatoms. The van der Waals surface area contributed by atoms with Gasteiger partial charge in [-0.15, -0.1) is 11.3 Å². The first-order chi connectivity index (χ1) is 14.0. The van der Waals surface area contributed by atoms with Crippen LogP contribution < -0.4 is 14.9 Å². The zero-order valence-corrected chi connectivity index (χ0v) is 17.3. The molecule has 0 aliphatic carbocycles. The molecule has 1 N–H and O–H groups in total. The topological polar surface area (TPSA) is 108 Å². The lowest BCUT2D eigenvalue weighted by molar-refractivity contribution is -0.143. The number of thiazole rings is 1. The Kier molecular flexibility index (Phi) is 8.90. The van der Waals surface area contributed by atoms with Crippen LogP contribution in [0.15, 0.2) is 28.7 Å². The summed E-state index contributed by atoms with van der Waals surface area (Å²) in [5.74, 6) is 0.135. The summed E-state index contributed by atoms with van der Waals surface area (Å²) in [7, 11) is 1.30. The third-order valence-electron chi connectivity index (χ3n) is 3.40. The van der Waals surface area contributed by atoms with Crippen LogP contribution in [0.5, 0.6) is 11.5 Å². The molecule has 0 fully saturated rings. The van der Waals surface area contributed by atoms with E-state index in [9.17, 15) is 9.59 Å². The number of ether oxygens (including phenoxy) is 4. The van der Waals surface area contributed by atoms with E-state index in [0.29, 0.717) is 35.5 Å². The number of aromatic nitrogens is 1. The number of hydrazone groups is 1. The highest BCUT2D eigenvalue weighted by atomic mass is 32.1. The van der Waals surface area contributed by atoms with Crippen LogP contribution in [0.25, 0.3) is 0 Å². The molecule has 1 aromatic carbocycles. The molecule has 0 saturated heterocycles. The molecule has 0 radical (unpaired) electrons. The van der Waals surface area contributed by atoms with Crippen molar-refractivity contribution in [1.82, 2.24) is 4.98 Å². The first kappa shape index (κ1) is 22.2. The van der Waals surface area contributed by atoms with Crippen LogP contribution in [0.2, 0.25) is 0 Å². The summed E-state index contributed by atoms with van der Waals surface area (Å²) in [6.45, 7) is 4.19. The number of esters is 2. The maximum atomic E-state index is 11.5. The van der Waals surface area contributed by atoms with Crippen LogP contribution >= 0.6 is 11.3 Å². The van der Waals surface area contributed by atoms with Gasteiger partial charge >= 0.3 is 11.9 Å². The van der Waals surface area contributed by atoms with Gasteiger partial charge in [0.15, 0.2) is 18.1 Å². The van der Waals surface area contributed by atoms with E-state index in [1.54, 1.807) is 36.7 Å². The summed E-state index contributed by atoms with van der Waals surface area (Å²) >= 11 is 1.34. The number of benzene rings is 1. The predicted molar refractivity (Wildman–Crippen MR) is 109 cm³/mol. The molecular formula is C19H23N3O6S. The van der Waals surface area contributed by atoms with Gasteiger partial charge in [0.1, 0.15) is 0 Å². The lowest BCUT2D eigenvalue weighted by Crippen LogP contribution is -2.13. The van der Waals surface area contributed by atoms with E-state index in [1.165, 1.54) is 18.4 Å². The second-order valence-electron chi connectivity index (χ2n) is 5.50. The number of anilines is 1. The zero-order chi connectivity index (χ0) is 21.1. The van der Waals surface area contributed by atoms with Crippen LogP contribution in [0.4, 0.5) is 5.13 Å². The van der Waals surface area contributed by atoms with E-state index in [2.05, 4.69) is 20.2 Å². The van der Waals surface area contributed by atoms with Crippen molar-refractivity contribution in [3.05, 3.63) is 34.8 Å². The van der Waals surface area contributed by atoms with Gasteiger partial charge < -0.3 is 18.9 Å². The molecule has 1 heterocycles. The van der Waals surface area contributed by atoms with Crippen molar-refractivity contribution in [3.63, 3.8) is 0 Å². The summed E-state index contributed by atoms with van der Waals surface area (Å²) < 4.78 is 20.4. The van der Waals surface area contributed by atoms with E-state index >= 15 is 0 Å². The van der Waals surface area contributed by atoms with Gasteiger partial charge in [-0.1, -0.05) is 0 Å². The van der Waals surface area contributed by atoms with Crippen LogP contribution in [-0.2, 0) is 25.5 Å². The normalized spacial score (nSPS) is 10.6. The molecular weight excluding hydrogens is 398 g/mol. The zero-order valence-electron chi connectivity index (χ0n) is 16.5. The Morgan fingerprint density at radius 1 is 1.17 bits per heavy atom. The lowest BCUT2D eigenvalue weighted by Gasteiger charge is -2.11. The molecule has 2 aromatic rings. The second-order valence-corrected chi connectivity index (χ2v) is 6.36. The third-order valence-corrected chi connectivity index (χ3v) is 4.19. The molecule has 9 nitrogen and oxygen atoms in total. The van der Waals surface area contributed by atoms with E-state index in [-0.39, 0.29) is 19.0 Å². The van der Waals surface area contributed by atoms with Crippen molar-refractivity contribution >= 4 is 34.6 Å². The first-order valence-corrected chi connectivity index (χ1v) is 9.79. The SMILES string of the molecule is CCOC(=O)Cc1csc(NN=Cc2ccc(OCC(=O)OC)c(OCC)c2)n1. The largest absolute Gasteiger partial charge is 0.490 e. The molecule has 0 spiro atoms. The monoisotopic (exact) mass is 421 g/mol. The lowest BCUT2D eigenvalue weighted by atomic mass is 10.2. The number of hydrogen-bond acceptors (Lipinski definition) is 10. The van der Waals surface area contributed by atoms with Gasteiger partial charge in [-0.2, -0.15) is 5.10 Å². The molecule has 0 aliphatic heterocycles. The highest BCUT2D eigenvalue weighted by molar-refractivity contribution is 7.13. The maximum Gasteiger partial charge on any atom is 0.343 e. The number of hydrogen-bond donors (Lipinski definition) is 1. The average Bonchev–Trinajstić information content (AvgIpc) is 3.14. The number of nitrogens with zero attached hydrogens (tertiary/aromatic N) is 2. The van der Waals surface area contributed by atoms with E-state index in [4.69, 9.17) is 14.2 Å². The van der Waals surface area contributed by atoms with E-state index < -0.39 is 5.97 Å². The standard InChI is InChI=1S/C19H23N3O6S/c1-4-26-16-8-13(6-7-15(16)28-11-18(24)25-3)10-20-22-19-21-14(12-29-19)9-17(23)27-5-2/h6-8,10,12H,4-5,9,11H2,1-3H3,(H,21,22). The van der Waals surface area contributed by atoms with Gasteiger partial charge in [-0.05, 0) is 37.6 Å². The average molecular weight is 421 g/mol.